The van der Waals surface area contributed by atoms with E-state index in [2.05, 4.69) is 21.4 Å². The summed E-state index contributed by atoms with van der Waals surface area (Å²) in [7, 11) is 0. The molecule has 0 unspecified atom stereocenters. The van der Waals surface area contributed by atoms with Crippen LogP contribution in [-0.4, -0.2) is 43.8 Å². The molecular formula is C29H23Cl2Hg2N4O4S2+. The van der Waals surface area contributed by atoms with Gasteiger partial charge in [0.25, 0.3) is 15.4 Å². The van der Waals surface area contributed by atoms with Crippen LogP contribution in [0.5, 0.6) is 0 Å². The molecule has 14 heteroatoms. The second-order valence-electron chi connectivity index (χ2n) is 8.07. The summed E-state index contributed by atoms with van der Waals surface area (Å²) in [6, 6.07) is 12.8. The third-order valence-electron chi connectivity index (χ3n) is 5.34. The fraction of sp³-hybridized carbons (Fsp3) is 0.103. The maximum absolute atomic E-state index is 10.9. The third kappa shape index (κ3) is 13.3. The van der Waals surface area contributed by atoms with E-state index in [9.17, 15) is 15.3 Å². The Morgan fingerprint density at radius 2 is 1.26 bits per heavy atom. The first-order chi connectivity index (χ1) is 19.0. The number of hydrogen-bond donors (Lipinski definition) is 1. The van der Waals surface area contributed by atoms with Crippen molar-refractivity contribution >= 4 is 56.2 Å². The van der Waals surface area contributed by atoms with Crippen molar-refractivity contribution < 1.29 is 90.3 Å². The van der Waals surface area contributed by atoms with Crippen LogP contribution in [0.25, 0.3) is 0 Å². The van der Waals surface area contributed by atoms with Crippen molar-refractivity contribution in [3.8, 4) is 0 Å². The van der Waals surface area contributed by atoms with Crippen LogP contribution >= 0.6 is 0 Å². The molecule has 2 aliphatic carbocycles. The molecule has 8 nitrogen and oxygen atoms in total. The van der Waals surface area contributed by atoms with Gasteiger partial charge in [-0.05, 0) is 59.7 Å². The topological polar surface area (TPSA) is 114 Å². The Hall–Kier alpha value is -1.95. The maximum atomic E-state index is 10.9. The Kier molecular flexibility index (Phi) is 20.7. The number of nitro benzene ring substituents is 1. The van der Waals surface area contributed by atoms with Crippen LogP contribution in [0.3, 0.4) is 0 Å². The second-order valence-corrected chi connectivity index (χ2v) is 10.3. The average molecular weight is 1030 g/mol. The molecule has 0 bridgehead atoms. The summed E-state index contributed by atoms with van der Waals surface area (Å²) in [4.78, 5) is 21.6. The zero-order valence-corrected chi connectivity index (χ0v) is 36.9. The predicted octanol–water partition coefficient (Wildman–Crippen LogP) is -1.05. The number of aliphatic imine (C=N–C) groups is 2. The van der Waals surface area contributed by atoms with E-state index in [1.54, 1.807) is 59.4 Å². The van der Waals surface area contributed by atoms with Crippen molar-refractivity contribution in [2.24, 2.45) is 9.98 Å². The second kappa shape index (κ2) is 21.7. The molecule has 0 saturated heterocycles. The van der Waals surface area contributed by atoms with Crippen LogP contribution in [0.15, 0.2) is 118 Å². The fourth-order valence-corrected chi connectivity index (χ4v) is 5.38. The Labute approximate surface area is 310 Å². The SMILES string of the molecule is O=[N+]([O-])c1ccc(C=NC2=CC=C=CC2=[S+]CCC[S+]=C2C=C=CC=C2N=Cc2ccc(N([O-])O)cc2)cc1.[Cl-].[Cl-].[Hg+].[Hg+]. The van der Waals surface area contributed by atoms with Gasteiger partial charge in [-0.2, -0.15) is 0 Å². The maximum Gasteiger partial charge on any atom is 1.00 e. The Balaban J connectivity index is 0.00000441. The van der Waals surface area contributed by atoms with Crippen molar-refractivity contribution in [3.05, 3.63) is 134 Å². The minimum atomic E-state index is -0.422. The molecule has 0 aromatic heterocycles. The van der Waals surface area contributed by atoms with Crippen LogP contribution in [0.1, 0.15) is 17.5 Å². The number of hydrogen-bond acceptors (Lipinski definition) is 7. The zero-order valence-electron chi connectivity index (χ0n) is 22.8. The van der Waals surface area contributed by atoms with Crippen molar-refractivity contribution in [2.75, 3.05) is 16.7 Å². The number of nitrogens with zero attached hydrogens (tertiary/aromatic N) is 4. The molecule has 2 aromatic rings. The molecule has 0 amide bonds. The van der Waals surface area contributed by atoms with Crippen LogP contribution in [-0.2, 0) is 78.0 Å². The largest absolute Gasteiger partial charge is 1.00 e. The van der Waals surface area contributed by atoms with Crippen LogP contribution < -0.4 is 30.0 Å². The first-order valence-electron chi connectivity index (χ1n) is 11.8. The van der Waals surface area contributed by atoms with E-state index in [-0.39, 0.29) is 96.8 Å². The van der Waals surface area contributed by atoms with Gasteiger partial charge >= 0.3 is 55.3 Å². The Bertz CT molecular complexity index is 1560. The summed E-state index contributed by atoms with van der Waals surface area (Å²) in [6.45, 7) is 0. The minimum absolute atomic E-state index is 0. The third-order valence-corrected chi connectivity index (χ3v) is 7.60. The van der Waals surface area contributed by atoms with E-state index in [0.717, 1.165) is 50.2 Å². The number of rotatable bonds is 10. The summed E-state index contributed by atoms with van der Waals surface area (Å²) >= 11 is 3.42. The Morgan fingerprint density at radius 1 is 0.814 bits per heavy atom. The van der Waals surface area contributed by atoms with Gasteiger partial charge in [0.1, 0.15) is 11.4 Å². The van der Waals surface area contributed by atoms with Gasteiger partial charge in [-0.25, -0.2) is 0 Å². The monoisotopic (exact) mass is 1030 g/mol. The summed E-state index contributed by atoms with van der Waals surface area (Å²) in [5.74, 6) is 1.80. The van der Waals surface area contributed by atoms with Gasteiger partial charge in [-0.3, -0.25) is 25.3 Å². The molecule has 43 heavy (non-hydrogen) atoms. The molecule has 0 atom stereocenters. The summed E-state index contributed by atoms with van der Waals surface area (Å²) in [6.07, 6.45) is 15.7. The molecular weight excluding hydrogens is 1000 g/mol. The van der Waals surface area contributed by atoms with Gasteiger partial charge in [0.15, 0.2) is 34.2 Å². The number of benzene rings is 2. The van der Waals surface area contributed by atoms with Crippen LogP contribution in [0.4, 0.5) is 11.4 Å². The predicted molar refractivity (Wildman–Crippen MR) is 163 cm³/mol. The average Bonchev–Trinajstić information content (AvgIpc) is 2.96. The normalized spacial score (nSPS) is 14.9. The number of anilines is 1. The van der Waals surface area contributed by atoms with Gasteiger partial charge in [0.05, 0.1) is 17.0 Å². The first-order valence-corrected chi connectivity index (χ1v) is 13.8. The van der Waals surface area contributed by atoms with Crippen molar-refractivity contribution in [3.63, 3.8) is 0 Å². The number of non-ortho nitro benzene ring substituents is 1. The van der Waals surface area contributed by atoms with Crippen LogP contribution in [0.2, 0.25) is 0 Å². The molecule has 0 saturated carbocycles. The Morgan fingerprint density at radius 3 is 1.67 bits per heavy atom. The van der Waals surface area contributed by atoms with Crippen molar-refractivity contribution in [2.45, 2.75) is 6.42 Å². The van der Waals surface area contributed by atoms with Gasteiger partial charge < -0.3 is 35.2 Å². The molecule has 4 rings (SSSR count). The molecule has 2 aromatic carbocycles. The number of nitro groups is 1. The van der Waals surface area contributed by atoms with Crippen molar-refractivity contribution in [1.29, 1.82) is 0 Å². The minimum Gasteiger partial charge on any atom is -1.00 e. The molecule has 0 spiro atoms. The van der Waals surface area contributed by atoms with E-state index in [1.165, 1.54) is 24.3 Å². The standard InChI is InChI=1S/C29H23N4O4S2.2ClH.2Hg/c34-32(35)24-14-10-22(11-15-24)20-30-26-6-1-3-8-28(26)38-18-5-19-39-29-9-4-2-7-27(29)31-21-23-12-16-25(17-13-23)33(36)37;;;;/h1-2,6-17,20-21,34H,5,18-19H2;2*1H;;/q+1;;;2*+1/p-2. The van der Waals surface area contributed by atoms with Gasteiger partial charge in [0.2, 0.25) is 0 Å². The van der Waals surface area contributed by atoms with Gasteiger partial charge in [-0.1, -0.05) is 12.1 Å². The van der Waals surface area contributed by atoms with Crippen molar-refractivity contribution in [1.82, 2.24) is 0 Å². The van der Waals surface area contributed by atoms with Crippen LogP contribution in [0, 0.1) is 15.3 Å². The van der Waals surface area contributed by atoms with E-state index in [0.29, 0.717) is 0 Å². The molecule has 0 aliphatic heterocycles. The summed E-state index contributed by atoms with van der Waals surface area (Å²) < 4.78 is 0. The van der Waals surface area contributed by atoms with E-state index in [4.69, 9.17) is 5.21 Å². The van der Waals surface area contributed by atoms with Gasteiger partial charge in [0, 0.05) is 36.7 Å². The molecule has 2 radical (unpaired) electrons. The summed E-state index contributed by atoms with van der Waals surface area (Å²) in [5, 5.41) is 30.6. The molecule has 2 aliphatic rings. The first kappa shape index (κ1) is 41.1. The van der Waals surface area contributed by atoms with E-state index in [1.807, 2.05) is 36.5 Å². The van der Waals surface area contributed by atoms with E-state index < -0.39 is 4.92 Å². The smallest absolute Gasteiger partial charge is 1.00 e. The quantitative estimate of drug-likeness (QED) is 0.0478. The zero-order chi connectivity index (χ0) is 27.5. The van der Waals surface area contributed by atoms with E-state index >= 15 is 0 Å². The van der Waals surface area contributed by atoms with Gasteiger partial charge in [-0.15, -0.1) is 11.5 Å². The number of allylic oxidation sites excluding steroid dienone is 4. The molecule has 1 N–H and O–H groups in total. The fourth-order valence-electron chi connectivity index (χ4n) is 3.34. The number of halogens is 2. The molecule has 212 valence electrons. The molecule has 0 fully saturated rings. The summed E-state index contributed by atoms with van der Waals surface area (Å²) in [5.41, 5.74) is 9.69. The molecule has 0 heterocycles.